The summed E-state index contributed by atoms with van der Waals surface area (Å²) in [6.45, 7) is 2.75. The zero-order valence-corrected chi connectivity index (χ0v) is 9.03. The van der Waals surface area contributed by atoms with E-state index >= 15 is 0 Å². The largest absolute Gasteiger partial charge is 0.627 e. The Bertz CT molecular complexity index is 373. The number of hydroxylamine groups is 1. The number of nitrogens with one attached hydrogen (secondary N) is 3. The molecule has 2 rings (SSSR count). The average molecular weight is 225 g/mol. The lowest BCUT2D eigenvalue weighted by atomic mass is 10.2. The average Bonchev–Trinajstić information content (AvgIpc) is 2.30. The molecule has 0 aromatic carbocycles. The molecule has 0 fully saturated rings. The SMILES string of the molecule is C[C@@H](CO)Nc1ncc2c(n1)[NH+]([O-])CNC2. The van der Waals surface area contributed by atoms with Crippen molar-refractivity contribution in [2.45, 2.75) is 19.5 Å². The van der Waals surface area contributed by atoms with Crippen molar-refractivity contribution in [2.75, 3.05) is 18.6 Å². The first-order chi connectivity index (χ1) is 7.70. The molecule has 1 aliphatic rings. The van der Waals surface area contributed by atoms with Crippen LogP contribution in [0.15, 0.2) is 6.20 Å². The molecule has 0 saturated heterocycles. The summed E-state index contributed by atoms with van der Waals surface area (Å²) in [5.41, 5.74) is 0.818. The van der Waals surface area contributed by atoms with Crippen molar-refractivity contribution in [2.24, 2.45) is 0 Å². The fourth-order valence-electron chi connectivity index (χ4n) is 1.51. The van der Waals surface area contributed by atoms with Crippen LogP contribution in [0.1, 0.15) is 12.5 Å². The first-order valence-electron chi connectivity index (χ1n) is 5.18. The molecule has 1 aromatic heterocycles. The van der Waals surface area contributed by atoms with E-state index in [2.05, 4.69) is 20.6 Å². The predicted molar refractivity (Wildman–Crippen MR) is 57.9 cm³/mol. The van der Waals surface area contributed by atoms with Crippen LogP contribution >= 0.6 is 0 Å². The molecule has 0 bridgehead atoms. The van der Waals surface area contributed by atoms with Gasteiger partial charge in [-0.2, -0.15) is 4.98 Å². The van der Waals surface area contributed by atoms with Crippen molar-refractivity contribution in [3.05, 3.63) is 17.0 Å². The van der Waals surface area contributed by atoms with Gasteiger partial charge in [0.1, 0.15) is 6.67 Å². The number of fused-ring (bicyclic) bond motifs is 1. The van der Waals surface area contributed by atoms with Crippen LogP contribution in [0, 0.1) is 5.21 Å². The first-order valence-corrected chi connectivity index (χ1v) is 5.18. The van der Waals surface area contributed by atoms with Crippen LogP contribution in [0.3, 0.4) is 0 Å². The number of aliphatic hydroxyl groups excluding tert-OH is 1. The van der Waals surface area contributed by atoms with E-state index in [-0.39, 0.29) is 17.7 Å². The molecule has 0 saturated carbocycles. The number of aromatic nitrogens is 2. The zero-order valence-electron chi connectivity index (χ0n) is 9.03. The third-order valence-corrected chi connectivity index (χ3v) is 2.38. The number of rotatable bonds is 3. The minimum Gasteiger partial charge on any atom is -0.627 e. The molecule has 4 N–H and O–H groups in total. The normalized spacial score (nSPS) is 21.3. The molecular weight excluding hydrogens is 210 g/mol. The highest BCUT2D eigenvalue weighted by Gasteiger charge is 2.18. The van der Waals surface area contributed by atoms with Gasteiger partial charge in [0.15, 0.2) is 0 Å². The van der Waals surface area contributed by atoms with Crippen molar-refractivity contribution in [1.82, 2.24) is 15.3 Å². The summed E-state index contributed by atoms with van der Waals surface area (Å²) < 4.78 is 0. The molecule has 0 aliphatic carbocycles. The Morgan fingerprint density at radius 2 is 2.56 bits per heavy atom. The number of quaternary nitrogens is 1. The lowest BCUT2D eigenvalue weighted by Crippen LogP contribution is -3.05. The third-order valence-electron chi connectivity index (χ3n) is 2.38. The van der Waals surface area contributed by atoms with Crippen LogP contribution in [-0.2, 0) is 6.54 Å². The first kappa shape index (κ1) is 11.2. The van der Waals surface area contributed by atoms with Crippen LogP contribution < -0.4 is 15.7 Å². The molecule has 7 nitrogen and oxygen atoms in total. The molecule has 0 radical (unpaired) electrons. The van der Waals surface area contributed by atoms with Crippen LogP contribution in [0.25, 0.3) is 0 Å². The lowest BCUT2D eigenvalue weighted by molar-refractivity contribution is -0.786. The molecule has 88 valence electrons. The van der Waals surface area contributed by atoms with E-state index in [1.54, 1.807) is 6.20 Å². The quantitative estimate of drug-likeness (QED) is 0.460. The van der Waals surface area contributed by atoms with Crippen LogP contribution in [-0.4, -0.2) is 34.4 Å². The molecule has 2 heterocycles. The van der Waals surface area contributed by atoms with Crippen LogP contribution in [0.4, 0.5) is 11.8 Å². The Labute approximate surface area is 93.1 Å². The highest BCUT2D eigenvalue weighted by molar-refractivity contribution is 5.38. The van der Waals surface area contributed by atoms with Gasteiger partial charge >= 0.3 is 0 Å². The van der Waals surface area contributed by atoms with Crippen molar-refractivity contribution < 1.29 is 10.2 Å². The standard InChI is InChI=1S/C9H15N5O2/c1-6(4-15)12-9-11-3-7-2-10-5-14(16)8(7)13-9/h3,6,10,14-15H,2,4-5H2,1H3,(H,11,12,13)/t6-/m0/s1. The van der Waals surface area contributed by atoms with E-state index in [9.17, 15) is 5.21 Å². The van der Waals surface area contributed by atoms with Gasteiger partial charge in [-0.15, -0.1) is 0 Å². The molecule has 7 heteroatoms. The van der Waals surface area contributed by atoms with Crippen LogP contribution in [0.2, 0.25) is 0 Å². The highest BCUT2D eigenvalue weighted by atomic mass is 16.5. The number of aliphatic hydroxyl groups is 1. The van der Waals surface area contributed by atoms with Gasteiger partial charge < -0.3 is 20.7 Å². The van der Waals surface area contributed by atoms with Gasteiger partial charge in [0.25, 0.3) is 0 Å². The topological polar surface area (TPSA) is 97.6 Å². The Hall–Kier alpha value is -1.28. The molecule has 1 aliphatic heterocycles. The van der Waals surface area contributed by atoms with E-state index in [1.165, 1.54) is 0 Å². The van der Waals surface area contributed by atoms with Gasteiger partial charge in [0.2, 0.25) is 11.8 Å². The number of hydrogen-bond acceptors (Lipinski definition) is 6. The van der Waals surface area contributed by atoms with E-state index in [4.69, 9.17) is 5.11 Å². The fourth-order valence-corrected chi connectivity index (χ4v) is 1.51. The smallest absolute Gasteiger partial charge is 0.236 e. The fraction of sp³-hybridized carbons (Fsp3) is 0.556. The minimum atomic E-state index is -0.130. The molecule has 2 atom stereocenters. The summed E-state index contributed by atoms with van der Waals surface area (Å²) >= 11 is 0. The predicted octanol–water partition coefficient (Wildman–Crippen LogP) is -1.66. The Morgan fingerprint density at radius 1 is 1.75 bits per heavy atom. The van der Waals surface area contributed by atoms with Crippen molar-refractivity contribution in [3.63, 3.8) is 0 Å². The van der Waals surface area contributed by atoms with Gasteiger partial charge in [-0.3, -0.25) is 5.32 Å². The van der Waals surface area contributed by atoms with Crippen LogP contribution in [0.5, 0.6) is 0 Å². The van der Waals surface area contributed by atoms with Gasteiger partial charge in [-0.1, -0.05) is 0 Å². The lowest BCUT2D eigenvalue weighted by Gasteiger charge is -2.27. The second-order valence-corrected chi connectivity index (χ2v) is 3.82. The van der Waals surface area contributed by atoms with Gasteiger partial charge in [-0.05, 0) is 6.92 Å². The van der Waals surface area contributed by atoms with E-state index in [0.29, 0.717) is 25.0 Å². The van der Waals surface area contributed by atoms with E-state index in [0.717, 1.165) is 5.56 Å². The number of anilines is 1. The Morgan fingerprint density at radius 3 is 3.31 bits per heavy atom. The third kappa shape index (κ3) is 2.27. The Balaban J connectivity index is 2.20. The van der Waals surface area contributed by atoms with Gasteiger partial charge in [0.05, 0.1) is 12.2 Å². The zero-order chi connectivity index (χ0) is 11.5. The summed E-state index contributed by atoms with van der Waals surface area (Å²) in [6.07, 6.45) is 1.64. The van der Waals surface area contributed by atoms with Gasteiger partial charge in [-0.25, -0.2) is 4.98 Å². The molecule has 0 spiro atoms. The molecular formula is C9H15N5O2. The Kier molecular flexibility index (Phi) is 3.30. The minimum absolute atomic E-state index is 0.00402. The summed E-state index contributed by atoms with van der Waals surface area (Å²) in [5.74, 6) is 0.858. The van der Waals surface area contributed by atoms with Crippen molar-refractivity contribution in [3.8, 4) is 0 Å². The number of hydrogen-bond donors (Lipinski definition) is 4. The second-order valence-electron chi connectivity index (χ2n) is 3.82. The second kappa shape index (κ2) is 4.71. The summed E-state index contributed by atoms with van der Waals surface area (Å²) in [6, 6.07) is -0.130. The molecule has 16 heavy (non-hydrogen) atoms. The maximum atomic E-state index is 11.6. The molecule has 1 unspecified atom stereocenters. The number of nitrogens with zero attached hydrogens (tertiary/aromatic N) is 2. The van der Waals surface area contributed by atoms with E-state index in [1.807, 2.05) is 6.92 Å². The van der Waals surface area contributed by atoms with E-state index < -0.39 is 0 Å². The summed E-state index contributed by atoms with van der Waals surface area (Å²) in [7, 11) is 0. The van der Waals surface area contributed by atoms with Gasteiger partial charge in [0, 0.05) is 18.8 Å². The molecule has 0 amide bonds. The maximum Gasteiger partial charge on any atom is 0.236 e. The summed E-state index contributed by atoms with van der Waals surface area (Å²) in [5, 5.41) is 26.3. The maximum absolute atomic E-state index is 11.6. The molecule has 1 aromatic rings. The monoisotopic (exact) mass is 225 g/mol. The van der Waals surface area contributed by atoms with Crippen molar-refractivity contribution in [1.29, 1.82) is 0 Å². The van der Waals surface area contributed by atoms with Crippen molar-refractivity contribution >= 4 is 11.8 Å². The highest BCUT2D eigenvalue weighted by Crippen LogP contribution is 2.11. The summed E-state index contributed by atoms with van der Waals surface area (Å²) in [4.78, 5) is 8.25.